The summed E-state index contributed by atoms with van der Waals surface area (Å²) in [7, 11) is 0. The van der Waals surface area contributed by atoms with E-state index in [2.05, 4.69) is 11.9 Å². The first-order valence-corrected chi connectivity index (χ1v) is 4.76. The number of hydrogen-bond donors (Lipinski definition) is 1. The lowest BCUT2D eigenvalue weighted by molar-refractivity contribution is -0.112. The topological polar surface area (TPSA) is 29.1 Å². The van der Waals surface area contributed by atoms with Crippen LogP contribution in [0, 0.1) is 0 Å². The average molecular weight is 210 g/mol. The van der Waals surface area contributed by atoms with Crippen molar-refractivity contribution >= 4 is 23.2 Å². The third kappa shape index (κ3) is 2.60. The smallest absolute Gasteiger partial charge is 0.266 e. The minimum Gasteiger partial charge on any atom is -0.321 e. The minimum atomic E-state index is -0.354. The third-order valence-electron chi connectivity index (χ3n) is 1.89. The number of rotatable bonds is 3. The van der Waals surface area contributed by atoms with E-state index in [1.165, 1.54) is 0 Å². The molecule has 1 amide bonds. The zero-order valence-corrected chi connectivity index (χ0v) is 8.77. The van der Waals surface area contributed by atoms with Crippen molar-refractivity contribution in [3.63, 3.8) is 0 Å². The first-order chi connectivity index (χ1) is 6.65. The van der Waals surface area contributed by atoms with Crippen LogP contribution in [0.1, 0.15) is 12.5 Å². The predicted molar refractivity (Wildman–Crippen MR) is 59.4 cm³/mol. The van der Waals surface area contributed by atoms with Gasteiger partial charge in [0.25, 0.3) is 5.91 Å². The molecule has 74 valence electrons. The molecule has 0 unspecified atom stereocenters. The minimum absolute atomic E-state index is 0.00379. The van der Waals surface area contributed by atoms with Crippen molar-refractivity contribution in [1.82, 2.24) is 0 Å². The van der Waals surface area contributed by atoms with Crippen LogP contribution in [-0.2, 0) is 11.2 Å². The Kier molecular flexibility index (Phi) is 3.72. The van der Waals surface area contributed by atoms with Gasteiger partial charge in [-0.2, -0.15) is 0 Å². The van der Waals surface area contributed by atoms with Gasteiger partial charge in [0, 0.05) is 5.69 Å². The fourth-order valence-electron chi connectivity index (χ4n) is 1.14. The summed E-state index contributed by atoms with van der Waals surface area (Å²) < 4.78 is 0. The molecule has 0 radical (unpaired) electrons. The van der Waals surface area contributed by atoms with E-state index in [0.29, 0.717) is 0 Å². The highest BCUT2D eigenvalue weighted by Gasteiger charge is 2.06. The molecule has 0 fully saturated rings. The molecule has 0 aromatic heterocycles. The van der Waals surface area contributed by atoms with Gasteiger partial charge in [-0.05, 0) is 18.1 Å². The number of anilines is 1. The summed E-state index contributed by atoms with van der Waals surface area (Å²) >= 11 is 5.47. The molecule has 3 heteroatoms. The van der Waals surface area contributed by atoms with Crippen molar-refractivity contribution in [1.29, 1.82) is 0 Å². The van der Waals surface area contributed by atoms with Crippen LogP contribution in [-0.4, -0.2) is 5.91 Å². The lowest BCUT2D eigenvalue weighted by Crippen LogP contribution is -2.12. The van der Waals surface area contributed by atoms with Crippen LogP contribution in [0.2, 0.25) is 0 Å². The fourth-order valence-corrected chi connectivity index (χ4v) is 1.19. The van der Waals surface area contributed by atoms with Crippen molar-refractivity contribution in [3.8, 4) is 0 Å². The second-order valence-electron chi connectivity index (χ2n) is 2.87. The lowest BCUT2D eigenvalue weighted by atomic mass is 10.1. The molecule has 2 nitrogen and oxygen atoms in total. The maximum absolute atomic E-state index is 11.2. The van der Waals surface area contributed by atoms with Gasteiger partial charge >= 0.3 is 0 Å². The molecule has 0 saturated heterocycles. The van der Waals surface area contributed by atoms with E-state index in [4.69, 9.17) is 11.6 Å². The SMILES string of the molecule is C=C(Cl)C(=O)Nc1ccccc1CC. The molecule has 0 atom stereocenters. The number of carbonyl (C=O) groups is 1. The molecule has 0 heterocycles. The van der Waals surface area contributed by atoms with Gasteiger partial charge in [-0.3, -0.25) is 4.79 Å². The van der Waals surface area contributed by atoms with E-state index in [-0.39, 0.29) is 10.9 Å². The van der Waals surface area contributed by atoms with Crippen molar-refractivity contribution < 1.29 is 4.79 Å². The molecule has 0 saturated carbocycles. The van der Waals surface area contributed by atoms with E-state index < -0.39 is 0 Å². The van der Waals surface area contributed by atoms with Gasteiger partial charge in [-0.25, -0.2) is 0 Å². The second kappa shape index (κ2) is 4.82. The summed E-state index contributed by atoms with van der Waals surface area (Å²) in [6, 6.07) is 7.61. The molecule has 0 aliphatic rings. The molecular weight excluding hydrogens is 198 g/mol. The molecule has 1 rings (SSSR count). The van der Waals surface area contributed by atoms with E-state index in [9.17, 15) is 4.79 Å². The summed E-state index contributed by atoms with van der Waals surface area (Å²) in [5, 5.41) is 2.69. The van der Waals surface area contributed by atoms with Gasteiger partial charge in [0.15, 0.2) is 0 Å². The summed E-state index contributed by atoms with van der Waals surface area (Å²) in [6.45, 7) is 5.39. The Balaban J connectivity index is 2.85. The first kappa shape index (κ1) is 10.8. The highest BCUT2D eigenvalue weighted by molar-refractivity contribution is 6.43. The van der Waals surface area contributed by atoms with Gasteiger partial charge in [-0.15, -0.1) is 0 Å². The largest absolute Gasteiger partial charge is 0.321 e. The van der Waals surface area contributed by atoms with E-state index in [1.807, 2.05) is 31.2 Å². The quantitative estimate of drug-likeness (QED) is 0.762. The predicted octanol–water partition coefficient (Wildman–Crippen LogP) is 2.94. The molecule has 0 spiro atoms. The van der Waals surface area contributed by atoms with Gasteiger partial charge in [0.2, 0.25) is 0 Å². The molecule has 0 aliphatic heterocycles. The Labute approximate surface area is 88.6 Å². The van der Waals surface area contributed by atoms with E-state index >= 15 is 0 Å². The number of aryl methyl sites for hydroxylation is 1. The Morgan fingerprint density at radius 1 is 1.50 bits per heavy atom. The van der Waals surface area contributed by atoms with Gasteiger partial charge < -0.3 is 5.32 Å². The molecular formula is C11H12ClNO. The van der Waals surface area contributed by atoms with Crippen LogP contribution in [0.25, 0.3) is 0 Å². The molecule has 1 N–H and O–H groups in total. The van der Waals surface area contributed by atoms with Crippen LogP contribution >= 0.6 is 11.6 Å². The second-order valence-corrected chi connectivity index (χ2v) is 3.33. The van der Waals surface area contributed by atoms with Crippen LogP contribution in [0.5, 0.6) is 0 Å². The molecule has 1 aromatic rings. The summed E-state index contributed by atoms with van der Waals surface area (Å²) in [5.74, 6) is -0.354. The Morgan fingerprint density at radius 3 is 2.71 bits per heavy atom. The number of para-hydroxylation sites is 1. The number of benzene rings is 1. The molecule has 0 aliphatic carbocycles. The maximum atomic E-state index is 11.2. The van der Waals surface area contributed by atoms with Crippen LogP contribution < -0.4 is 5.32 Å². The maximum Gasteiger partial charge on any atom is 0.266 e. The zero-order chi connectivity index (χ0) is 10.6. The average Bonchev–Trinajstić information content (AvgIpc) is 2.18. The third-order valence-corrected chi connectivity index (χ3v) is 2.06. The standard InChI is InChI=1S/C11H12ClNO/c1-3-9-6-4-5-7-10(9)13-11(14)8(2)12/h4-7H,2-3H2,1H3,(H,13,14). The van der Waals surface area contributed by atoms with Gasteiger partial charge in [-0.1, -0.05) is 43.3 Å². The number of hydrogen-bond acceptors (Lipinski definition) is 1. The van der Waals surface area contributed by atoms with E-state index in [1.54, 1.807) is 0 Å². The normalized spacial score (nSPS) is 9.57. The van der Waals surface area contributed by atoms with Crippen molar-refractivity contribution in [2.45, 2.75) is 13.3 Å². The van der Waals surface area contributed by atoms with Crippen LogP contribution in [0.15, 0.2) is 35.9 Å². The zero-order valence-electron chi connectivity index (χ0n) is 8.01. The number of halogens is 1. The Morgan fingerprint density at radius 2 is 2.14 bits per heavy atom. The molecule has 14 heavy (non-hydrogen) atoms. The monoisotopic (exact) mass is 209 g/mol. The van der Waals surface area contributed by atoms with Gasteiger partial charge in [0.1, 0.15) is 0 Å². The number of carbonyl (C=O) groups excluding carboxylic acids is 1. The lowest BCUT2D eigenvalue weighted by Gasteiger charge is -2.08. The van der Waals surface area contributed by atoms with Crippen molar-refractivity contribution in [2.24, 2.45) is 0 Å². The fraction of sp³-hybridized carbons (Fsp3) is 0.182. The summed E-state index contributed by atoms with van der Waals surface area (Å²) in [6.07, 6.45) is 0.866. The highest BCUT2D eigenvalue weighted by atomic mass is 35.5. The highest BCUT2D eigenvalue weighted by Crippen LogP contribution is 2.16. The summed E-state index contributed by atoms with van der Waals surface area (Å²) in [4.78, 5) is 11.2. The number of amides is 1. The first-order valence-electron chi connectivity index (χ1n) is 4.38. The van der Waals surface area contributed by atoms with Gasteiger partial charge in [0.05, 0.1) is 5.03 Å². The van der Waals surface area contributed by atoms with E-state index in [0.717, 1.165) is 17.7 Å². The Bertz CT molecular complexity index is 360. The Hall–Kier alpha value is -1.28. The molecule has 1 aromatic carbocycles. The van der Waals surface area contributed by atoms with Crippen LogP contribution in [0.4, 0.5) is 5.69 Å². The number of nitrogens with one attached hydrogen (secondary N) is 1. The van der Waals surface area contributed by atoms with Crippen molar-refractivity contribution in [2.75, 3.05) is 5.32 Å². The van der Waals surface area contributed by atoms with Crippen molar-refractivity contribution in [3.05, 3.63) is 41.4 Å². The van der Waals surface area contributed by atoms with Crippen LogP contribution in [0.3, 0.4) is 0 Å². The summed E-state index contributed by atoms with van der Waals surface area (Å²) in [5.41, 5.74) is 1.88. The molecule has 0 bridgehead atoms.